The molecular formula is C15H12O5. The fraction of sp³-hybridized carbons (Fsp3) is 0.0667. The molecule has 5 nitrogen and oxygen atoms in total. The van der Waals surface area contributed by atoms with E-state index in [0.717, 1.165) is 11.6 Å². The maximum atomic E-state index is 10.8. The summed E-state index contributed by atoms with van der Waals surface area (Å²) in [6.07, 6.45) is 1.07. The maximum absolute atomic E-state index is 10.8. The molecule has 0 saturated heterocycles. The fourth-order valence-electron chi connectivity index (χ4n) is 1.74. The van der Waals surface area contributed by atoms with Crippen LogP contribution in [0.25, 0.3) is 16.9 Å². The van der Waals surface area contributed by atoms with E-state index >= 15 is 0 Å². The minimum absolute atomic E-state index is 0.197. The monoisotopic (exact) mass is 272 g/mol. The van der Waals surface area contributed by atoms with Crippen molar-refractivity contribution in [3.05, 3.63) is 53.8 Å². The van der Waals surface area contributed by atoms with E-state index in [1.807, 2.05) is 0 Å². The molecule has 0 aliphatic heterocycles. The molecule has 20 heavy (non-hydrogen) atoms. The Balaban J connectivity index is 2.29. The smallest absolute Gasteiger partial charge is 0.335 e. The predicted octanol–water partition coefficient (Wildman–Crippen LogP) is 3.13. The van der Waals surface area contributed by atoms with E-state index in [1.54, 1.807) is 31.2 Å². The zero-order valence-corrected chi connectivity index (χ0v) is 10.7. The second-order valence-electron chi connectivity index (χ2n) is 4.21. The molecular weight excluding hydrogens is 260 g/mol. The Kier molecular flexibility index (Phi) is 3.70. The van der Waals surface area contributed by atoms with Gasteiger partial charge in [-0.2, -0.15) is 0 Å². The van der Waals surface area contributed by atoms with Crippen LogP contribution in [0.2, 0.25) is 0 Å². The van der Waals surface area contributed by atoms with Gasteiger partial charge >= 0.3 is 11.9 Å². The molecule has 0 aliphatic rings. The molecule has 0 aliphatic carbocycles. The first-order valence-corrected chi connectivity index (χ1v) is 5.82. The number of carboxylic acid groups (broad SMARTS) is 2. The second-order valence-corrected chi connectivity index (χ2v) is 4.21. The topological polar surface area (TPSA) is 87.7 Å². The maximum Gasteiger partial charge on any atom is 0.335 e. The standard InChI is InChI=1S/C15H12O5/c1-9(8-14(16)17)12-6-7-13(20-12)10-2-4-11(5-3-10)15(18)19/h2-8H,1H3,(H,16,17)(H,18,19)/b9-8+. The zero-order chi connectivity index (χ0) is 14.7. The van der Waals surface area contributed by atoms with Gasteiger partial charge in [-0.3, -0.25) is 0 Å². The number of allylic oxidation sites excluding steroid dienone is 1. The molecule has 1 aromatic carbocycles. The van der Waals surface area contributed by atoms with Crippen molar-refractivity contribution in [3.8, 4) is 11.3 Å². The minimum Gasteiger partial charge on any atom is -0.478 e. The second kappa shape index (κ2) is 5.44. The lowest BCUT2D eigenvalue weighted by Crippen LogP contribution is -1.94. The van der Waals surface area contributed by atoms with Crippen LogP contribution in [0.4, 0.5) is 0 Å². The Morgan fingerprint density at radius 2 is 1.70 bits per heavy atom. The van der Waals surface area contributed by atoms with Gasteiger partial charge in [-0.1, -0.05) is 12.1 Å². The molecule has 2 N–H and O–H groups in total. The lowest BCUT2D eigenvalue weighted by Gasteiger charge is -1.99. The van der Waals surface area contributed by atoms with Gasteiger partial charge in [-0.05, 0) is 36.8 Å². The number of hydrogen-bond donors (Lipinski definition) is 2. The van der Waals surface area contributed by atoms with Crippen molar-refractivity contribution in [2.75, 3.05) is 0 Å². The van der Waals surface area contributed by atoms with Crippen LogP contribution in [0.3, 0.4) is 0 Å². The molecule has 0 bridgehead atoms. The van der Waals surface area contributed by atoms with Crippen molar-refractivity contribution in [2.24, 2.45) is 0 Å². The summed E-state index contributed by atoms with van der Waals surface area (Å²) in [5, 5.41) is 17.5. The summed E-state index contributed by atoms with van der Waals surface area (Å²) in [7, 11) is 0. The van der Waals surface area contributed by atoms with Crippen LogP contribution in [0.5, 0.6) is 0 Å². The lowest BCUT2D eigenvalue weighted by molar-refractivity contribution is -0.131. The van der Waals surface area contributed by atoms with Crippen molar-refractivity contribution in [2.45, 2.75) is 6.92 Å². The van der Waals surface area contributed by atoms with Crippen LogP contribution in [0.1, 0.15) is 23.0 Å². The number of carbonyl (C=O) groups is 2. The molecule has 1 aromatic heterocycles. The van der Waals surface area contributed by atoms with Gasteiger partial charge in [0.15, 0.2) is 0 Å². The molecule has 0 spiro atoms. The Bertz CT molecular complexity index is 677. The van der Waals surface area contributed by atoms with Gasteiger partial charge in [0.2, 0.25) is 0 Å². The first-order valence-electron chi connectivity index (χ1n) is 5.82. The number of carboxylic acids is 2. The summed E-state index contributed by atoms with van der Waals surface area (Å²) in [5.41, 5.74) is 1.43. The fourth-order valence-corrected chi connectivity index (χ4v) is 1.74. The van der Waals surface area contributed by atoms with E-state index in [1.165, 1.54) is 12.1 Å². The van der Waals surface area contributed by atoms with Gasteiger partial charge in [0.25, 0.3) is 0 Å². The number of hydrogen-bond acceptors (Lipinski definition) is 3. The van der Waals surface area contributed by atoms with Gasteiger partial charge in [-0.25, -0.2) is 9.59 Å². The van der Waals surface area contributed by atoms with Gasteiger partial charge in [0.1, 0.15) is 11.5 Å². The molecule has 5 heteroatoms. The van der Waals surface area contributed by atoms with Crippen LogP contribution in [0, 0.1) is 0 Å². The molecule has 0 amide bonds. The van der Waals surface area contributed by atoms with Crippen molar-refractivity contribution in [3.63, 3.8) is 0 Å². The van der Waals surface area contributed by atoms with E-state index in [9.17, 15) is 9.59 Å². The minimum atomic E-state index is -1.04. The molecule has 0 saturated carbocycles. The molecule has 2 aromatic rings. The number of benzene rings is 1. The first-order chi connectivity index (χ1) is 9.47. The Morgan fingerprint density at radius 1 is 1.05 bits per heavy atom. The number of furan rings is 1. The quantitative estimate of drug-likeness (QED) is 0.835. The Morgan fingerprint density at radius 3 is 2.25 bits per heavy atom. The summed E-state index contributed by atoms with van der Waals surface area (Å²) < 4.78 is 5.55. The van der Waals surface area contributed by atoms with Gasteiger partial charge in [0.05, 0.1) is 5.56 Å². The first kappa shape index (κ1) is 13.6. The van der Waals surface area contributed by atoms with Gasteiger partial charge in [-0.15, -0.1) is 0 Å². The third-order valence-electron chi connectivity index (χ3n) is 2.75. The lowest BCUT2D eigenvalue weighted by atomic mass is 10.1. The van der Waals surface area contributed by atoms with Crippen molar-refractivity contribution < 1.29 is 24.2 Å². The van der Waals surface area contributed by atoms with Crippen LogP contribution >= 0.6 is 0 Å². The highest BCUT2D eigenvalue weighted by Crippen LogP contribution is 2.26. The zero-order valence-electron chi connectivity index (χ0n) is 10.7. The summed E-state index contributed by atoms with van der Waals surface area (Å²) in [6.45, 7) is 1.64. The van der Waals surface area contributed by atoms with E-state index in [4.69, 9.17) is 14.6 Å². The van der Waals surface area contributed by atoms with Crippen molar-refractivity contribution in [1.29, 1.82) is 0 Å². The summed E-state index contributed by atoms with van der Waals surface area (Å²) in [6, 6.07) is 9.64. The highest BCUT2D eigenvalue weighted by molar-refractivity contribution is 5.89. The highest BCUT2D eigenvalue weighted by Gasteiger charge is 2.08. The third kappa shape index (κ3) is 2.95. The molecule has 0 unspecified atom stereocenters. The number of rotatable bonds is 4. The summed E-state index contributed by atoms with van der Waals surface area (Å²) in [5.74, 6) is -1.01. The molecule has 0 atom stereocenters. The molecule has 102 valence electrons. The van der Waals surface area contributed by atoms with Crippen LogP contribution in [-0.2, 0) is 4.79 Å². The third-order valence-corrected chi connectivity index (χ3v) is 2.75. The predicted molar refractivity (Wildman–Crippen MR) is 72.4 cm³/mol. The average molecular weight is 272 g/mol. The SMILES string of the molecule is C/C(=C\C(=O)O)c1ccc(-c2ccc(C(=O)O)cc2)o1. The van der Waals surface area contributed by atoms with E-state index in [2.05, 4.69) is 0 Å². The largest absolute Gasteiger partial charge is 0.478 e. The summed E-state index contributed by atoms with van der Waals surface area (Å²) in [4.78, 5) is 21.3. The Labute approximate surface area is 114 Å². The van der Waals surface area contributed by atoms with Crippen LogP contribution in [0.15, 0.2) is 46.9 Å². The average Bonchev–Trinajstić information content (AvgIpc) is 2.87. The highest BCUT2D eigenvalue weighted by atomic mass is 16.4. The molecule has 0 fully saturated rings. The van der Waals surface area contributed by atoms with Crippen LogP contribution in [-0.4, -0.2) is 22.2 Å². The van der Waals surface area contributed by atoms with Crippen molar-refractivity contribution >= 4 is 17.5 Å². The number of aliphatic carboxylic acids is 1. The number of aromatic carboxylic acids is 1. The molecule has 2 rings (SSSR count). The van der Waals surface area contributed by atoms with E-state index in [0.29, 0.717) is 17.1 Å². The van der Waals surface area contributed by atoms with E-state index < -0.39 is 11.9 Å². The Hall–Kier alpha value is -2.82. The molecule has 1 heterocycles. The van der Waals surface area contributed by atoms with Gasteiger partial charge in [0, 0.05) is 11.6 Å². The summed E-state index contributed by atoms with van der Waals surface area (Å²) >= 11 is 0. The normalized spacial score (nSPS) is 11.3. The van der Waals surface area contributed by atoms with E-state index in [-0.39, 0.29) is 5.56 Å². The van der Waals surface area contributed by atoms with Crippen LogP contribution < -0.4 is 0 Å². The molecule has 0 radical (unpaired) electrons. The van der Waals surface area contributed by atoms with Crippen molar-refractivity contribution in [1.82, 2.24) is 0 Å². The van der Waals surface area contributed by atoms with Gasteiger partial charge < -0.3 is 14.6 Å².